The van der Waals surface area contributed by atoms with Crippen molar-refractivity contribution in [2.75, 3.05) is 27.1 Å². The van der Waals surface area contributed by atoms with Crippen LogP contribution in [0.3, 0.4) is 0 Å². The molecule has 178 valence electrons. The summed E-state index contributed by atoms with van der Waals surface area (Å²) in [6.07, 6.45) is 3.26. The predicted molar refractivity (Wildman–Crippen MR) is 127 cm³/mol. The third kappa shape index (κ3) is 10.6. The van der Waals surface area contributed by atoms with Crippen LogP contribution in [0, 0.1) is 17.3 Å². The zero-order valence-electron chi connectivity index (χ0n) is 21.3. The number of carbonyl (C=O) groups excluding carboxylic acids is 1. The Morgan fingerprint density at radius 2 is 1.63 bits per heavy atom. The zero-order valence-corrected chi connectivity index (χ0v) is 22.3. The number of hydrogen-bond donors (Lipinski definition) is 0. The van der Waals surface area contributed by atoms with Gasteiger partial charge in [-0.3, -0.25) is 4.79 Å². The van der Waals surface area contributed by atoms with Gasteiger partial charge in [0.25, 0.3) is 0 Å². The standard InChI is InChI=1S/C24H48O5Si/c1-11-30(12-2,13-3)29-22(20(5)14-15-27-18-26-10)21(6)16-19(4)17-28-23(25)24(7,8)9/h16,20-22H,11-15,17-18H2,1-10H3/b19-16+/t20-,21+,22-/m0/s1. The van der Waals surface area contributed by atoms with Crippen molar-refractivity contribution in [3.8, 4) is 0 Å². The van der Waals surface area contributed by atoms with Gasteiger partial charge in [0.1, 0.15) is 13.4 Å². The summed E-state index contributed by atoms with van der Waals surface area (Å²) in [5.41, 5.74) is 0.580. The molecule has 0 unspecified atom stereocenters. The van der Waals surface area contributed by atoms with Gasteiger partial charge in [0.15, 0.2) is 8.32 Å². The second-order valence-electron chi connectivity index (χ2n) is 9.61. The van der Waals surface area contributed by atoms with Crippen LogP contribution >= 0.6 is 0 Å². The molecule has 0 radical (unpaired) electrons. The number of ether oxygens (including phenoxy) is 3. The lowest BCUT2D eigenvalue weighted by atomic mass is 9.90. The number of esters is 1. The first-order valence-corrected chi connectivity index (χ1v) is 14.1. The smallest absolute Gasteiger partial charge is 0.311 e. The van der Waals surface area contributed by atoms with Crippen LogP contribution in [0.4, 0.5) is 0 Å². The monoisotopic (exact) mass is 444 g/mol. The molecule has 0 aromatic heterocycles. The van der Waals surface area contributed by atoms with Crippen molar-refractivity contribution in [2.24, 2.45) is 17.3 Å². The highest BCUT2D eigenvalue weighted by atomic mass is 28.4. The molecule has 0 rings (SSSR count). The van der Waals surface area contributed by atoms with Gasteiger partial charge in [-0.15, -0.1) is 0 Å². The minimum absolute atomic E-state index is 0.121. The van der Waals surface area contributed by atoms with Crippen LogP contribution < -0.4 is 0 Å². The molecular formula is C24H48O5Si. The molecule has 0 bridgehead atoms. The lowest BCUT2D eigenvalue weighted by molar-refractivity contribution is -0.151. The number of hydrogen-bond acceptors (Lipinski definition) is 5. The summed E-state index contributed by atoms with van der Waals surface area (Å²) in [6.45, 7) is 20.2. The fourth-order valence-corrected chi connectivity index (χ4v) is 6.62. The molecule has 6 heteroatoms. The van der Waals surface area contributed by atoms with Crippen molar-refractivity contribution >= 4 is 14.3 Å². The molecule has 0 aliphatic rings. The first kappa shape index (κ1) is 29.3. The summed E-state index contributed by atoms with van der Waals surface area (Å²) in [5, 5.41) is 0. The van der Waals surface area contributed by atoms with E-state index in [1.807, 2.05) is 27.7 Å². The van der Waals surface area contributed by atoms with Crippen molar-refractivity contribution in [1.82, 2.24) is 0 Å². The maximum Gasteiger partial charge on any atom is 0.311 e. The molecule has 0 fully saturated rings. The molecule has 0 amide bonds. The van der Waals surface area contributed by atoms with E-state index in [0.29, 0.717) is 25.9 Å². The third-order valence-electron chi connectivity index (χ3n) is 5.91. The molecule has 0 N–H and O–H groups in total. The van der Waals surface area contributed by atoms with E-state index in [4.69, 9.17) is 18.6 Å². The van der Waals surface area contributed by atoms with Gasteiger partial charge < -0.3 is 18.6 Å². The molecule has 30 heavy (non-hydrogen) atoms. The molecule has 0 saturated heterocycles. The van der Waals surface area contributed by atoms with E-state index in [0.717, 1.165) is 30.1 Å². The molecule has 0 heterocycles. The largest absolute Gasteiger partial charge is 0.461 e. The fourth-order valence-electron chi connectivity index (χ4n) is 3.59. The second kappa shape index (κ2) is 14.4. The second-order valence-corrected chi connectivity index (χ2v) is 14.3. The van der Waals surface area contributed by atoms with Gasteiger partial charge in [0.2, 0.25) is 0 Å². The van der Waals surface area contributed by atoms with E-state index >= 15 is 0 Å². The predicted octanol–water partition coefficient (Wildman–Crippen LogP) is 6.20. The van der Waals surface area contributed by atoms with Crippen molar-refractivity contribution in [2.45, 2.75) is 93.0 Å². The van der Waals surface area contributed by atoms with Gasteiger partial charge in [-0.1, -0.05) is 40.7 Å². The van der Waals surface area contributed by atoms with Gasteiger partial charge in [-0.2, -0.15) is 0 Å². The van der Waals surface area contributed by atoms with E-state index in [1.165, 1.54) is 0 Å². The van der Waals surface area contributed by atoms with E-state index in [1.54, 1.807) is 7.11 Å². The van der Waals surface area contributed by atoms with Crippen LogP contribution in [0.15, 0.2) is 11.6 Å². The van der Waals surface area contributed by atoms with Gasteiger partial charge in [0, 0.05) is 13.7 Å². The Morgan fingerprint density at radius 3 is 2.10 bits per heavy atom. The SMILES string of the molecule is CC[Si](CC)(CC)O[C@H]([C@H](C)/C=C(\C)COC(=O)C(C)(C)C)[C@@H](C)CCOCOC. The van der Waals surface area contributed by atoms with Crippen LogP contribution in [-0.2, 0) is 23.4 Å². The minimum atomic E-state index is -1.75. The van der Waals surface area contributed by atoms with Crippen molar-refractivity contribution in [1.29, 1.82) is 0 Å². The van der Waals surface area contributed by atoms with Crippen LogP contribution in [0.5, 0.6) is 0 Å². The van der Waals surface area contributed by atoms with Gasteiger partial charge >= 0.3 is 5.97 Å². The molecular weight excluding hydrogens is 396 g/mol. The average molecular weight is 445 g/mol. The number of carbonyl (C=O) groups is 1. The van der Waals surface area contributed by atoms with Crippen LogP contribution in [0.25, 0.3) is 0 Å². The molecule has 0 spiro atoms. The molecule has 0 aromatic rings. The molecule has 0 aromatic carbocycles. The minimum Gasteiger partial charge on any atom is -0.461 e. The van der Waals surface area contributed by atoms with E-state index in [-0.39, 0.29) is 18.0 Å². The fraction of sp³-hybridized carbons (Fsp3) is 0.875. The molecule has 3 atom stereocenters. The first-order valence-electron chi connectivity index (χ1n) is 11.5. The number of rotatable bonds is 15. The van der Waals surface area contributed by atoms with Crippen LogP contribution in [0.1, 0.15) is 68.7 Å². The van der Waals surface area contributed by atoms with Gasteiger partial charge in [-0.25, -0.2) is 0 Å². The Kier molecular flexibility index (Phi) is 14.1. The summed E-state index contributed by atoms with van der Waals surface area (Å²) >= 11 is 0. The van der Waals surface area contributed by atoms with Gasteiger partial charge in [0.05, 0.1) is 11.5 Å². The maximum atomic E-state index is 12.1. The molecule has 0 aliphatic carbocycles. The lowest BCUT2D eigenvalue weighted by Gasteiger charge is -2.38. The van der Waals surface area contributed by atoms with Crippen molar-refractivity contribution in [3.63, 3.8) is 0 Å². The third-order valence-corrected chi connectivity index (χ3v) is 10.5. The van der Waals surface area contributed by atoms with E-state index < -0.39 is 13.7 Å². The summed E-state index contributed by atoms with van der Waals surface area (Å²) < 4.78 is 23.0. The average Bonchev–Trinajstić information content (AvgIpc) is 2.69. The highest BCUT2D eigenvalue weighted by molar-refractivity contribution is 6.73. The topological polar surface area (TPSA) is 54.0 Å². The Morgan fingerprint density at radius 1 is 1.07 bits per heavy atom. The Balaban J connectivity index is 5.32. The summed E-state index contributed by atoms with van der Waals surface area (Å²) in [4.78, 5) is 12.1. The van der Waals surface area contributed by atoms with Crippen molar-refractivity contribution in [3.05, 3.63) is 11.6 Å². The van der Waals surface area contributed by atoms with Crippen LogP contribution in [-0.4, -0.2) is 47.5 Å². The quantitative estimate of drug-likeness (QED) is 0.0990. The Hall–Kier alpha value is -0.693. The summed E-state index contributed by atoms with van der Waals surface area (Å²) in [5.74, 6) is 0.413. The van der Waals surface area contributed by atoms with Crippen molar-refractivity contribution < 1.29 is 23.4 Å². The molecule has 0 saturated carbocycles. The summed E-state index contributed by atoms with van der Waals surface area (Å²) in [6, 6.07) is 3.38. The lowest BCUT2D eigenvalue weighted by Crippen LogP contribution is -2.44. The van der Waals surface area contributed by atoms with Gasteiger partial charge in [-0.05, 0) is 69.7 Å². The van der Waals surface area contributed by atoms with E-state index in [2.05, 4.69) is 40.7 Å². The maximum absolute atomic E-state index is 12.1. The number of methoxy groups -OCH3 is 1. The molecule has 0 aliphatic heterocycles. The Bertz CT molecular complexity index is 500. The normalized spacial score (nSPS) is 16.3. The van der Waals surface area contributed by atoms with E-state index in [9.17, 15) is 4.79 Å². The zero-order chi connectivity index (χ0) is 23.4. The van der Waals surface area contributed by atoms with Crippen LogP contribution in [0.2, 0.25) is 18.1 Å². The summed E-state index contributed by atoms with van der Waals surface area (Å²) in [7, 11) is -0.113. The molecule has 5 nitrogen and oxygen atoms in total. The first-order chi connectivity index (χ1) is 14.0. The Labute approximate surface area is 187 Å². The highest BCUT2D eigenvalue weighted by Crippen LogP contribution is 2.31. The highest BCUT2D eigenvalue weighted by Gasteiger charge is 2.35.